The van der Waals surface area contributed by atoms with Gasteiger partial charge in [0.05, 0.1) is 17.0 Å². The molecule has 0 aliphatic carbocycles. The maximum absolute atomic E-state index is 10.6. The van der Waals surface area contributed by atoms with Crippen LogP contribution in [0.2, 0.25) is 0 Å². The summed E-state index contributed by atoms with van der Waals surface area (Å²) >= 11 is 0. The van der Waals surface area contributed by atoms with Crippen LogP contribution in [-0.4, -0.2) is 21.4 Å². The Morgan fingerprint density at radius 3 is 2.33 bits per heavy atom. The lowest BCUT2D eigenvalue weighted by Gasteiger charge is -2.24. The van der Waals surface area contributed by atoms with E-state index >= 15 is 0 Å². The lowest BCUT2D eigenvalue weighted by atomic mass is 9.96. The number of hydrogen-bond donors (Lipinski definition) is 2. The van der Waals surface area contributed by atoms with Gasteiger partial charge in [-0.3, -0.25) is 0 Å². The van der Waals surface area contributed by atoms with Gasteiger partial charge in [0.15, 0.2) is 0 Å². The second-order valence-corrected chi connectivity index (χ2v) is 6.26. The number of aryl methyl sites for hydroxylation is 1. The third kappa shape index (κ3) is 3.72. The van der Waals surface area contributed by atoms with Gasteiger partial charge >= 0.3 is 0 Å². The summed E-state index contributed by atoms with van der Waals surface area (Å²) < 4.78 is 1.89. The number of nitrogens with one attached hydrogen (secondary N) is 1. The Hall–Kier alpha value is -2.43. The molecule has 2 aromatic carbocycles. The van der Waals surface area contributed by atoms with Gasteiger partial charge < -0.3 is 10.4 Å². The molecule has 0 saturated carbocycles. The first-order chi connectivity index (χ1) is 11.6. The van der Waals surface area contributed by atoms with Gasteiger partial charge in [-0.1, -0.05) is 48.5 Å². The van der Waals surface area contributed by atoms with Crippen molar-refractivity contribution in [2.24, 2.45) is 0 Å². The van der Waals surface area contributed by atoms with Gasteiger partial charge in [-0.2, -0.15) is 5.10 Å². The van der Waals surface area contributed by atoms with Crippen molar-refractivity contribution in [3.63, 3.8) is 0 Å². The summed E-state index contributed by atoms with van der Waals surface area (Å²) in [5, 5.41) is 18.5. The summed E-state index contributed by atoms with van der Waals surface area (Å²) in [5.74, 6) is 0. The van der Waals surface area contributed by atoms with Crippen molar-refractivity contribution >= 4 is 0 Å². The zero-order valence-corrected chi connectivity index (χ0v) is 14.1. The Morgan fingerprint density at radius 2 is 1.67 bits per heavy atom. The summed E-state index contributed by atoms with van der Waals surface area (Å²) in [5.41, 5.74) is 3.18. The van der Waals surface area contributed by atoms with Crippen LogP contribution in [0.15, 0.2) is 66.9 Å². The number of hydrogen-bond acceptors (Lipinski definition) is 3. The van der Waals surface area contributed by atoms with E-state index in [4.69, 9.17) is 0 Å². The lowest BCUT2D eigenvalue weighted by Crippen LogP contribution is -2.35. The number of para-hydroxylation sites is 1. The zero-order chi connectivity index (χ0) is 17.0. The third-order valence-electron chi connectivity index (χ3n) is 4.20. The van der Waals surface area contributed by atoms with Gasteiger partial charge in [0.25, 0.3) is 0 Å². The van der Waals surface area contributed by atoms with E-state index in [9.17, 15) is 5.11 Å². The van der Waals surface area contributed by atoms with Gasteiger partial charge in [0.1, 0.15) is 0 Å². The molecular formula is C20H23N3O. The Kier molecular flexibility index (Phi) is 4.79. The van der Waals surface area contributed by atoms with E-state index in [2.05, 4.69) is 10.4 Å². The van der Waals surface area contributed by atoms with Crippen molar-refractivity contribution in [1.29, 1.82) is 0 Å². The fourth-order valence-corrected chi connectivity index (χ4v) is 2.72. The molecule has 0 spiro atoms. The molecule has 0 radical (unpaired) electrons. The molecule has 3 aromatic rings. The van der Waals surface area contributed by atoms with Gasteiger partial charge in [0.2, 0.25) is 0 Å². The smallest absolute Gasteiger partial charge is 0.0992 e. The monoisotopic (exact) mass is 321 g/mol. The normalized spacial score (nSPS) is 13.6. The van der Waals surface area contributed by atoms with Crippen LogP contribution < -0.4 is 5.32 Å². The van der Waals surface area contributed by atoms with Crippen LogP contribution in [0.25, 0.3) is 5.69 Å². The minimum Gasteiger partial charge on any atom is -0.384 e. The van der Waals surface area contributed by atoms with E-state index in [-0.39, 0.29) is 0 Å². The molecule has 1 unspecified atom stereocenters. The number of benzene rings is 2. The summed E-state index contributed by atoms with van der Waals surface area (Å²) in [6.07, 6.45) is 2.04. The Labute approximate surface area is 142 Å². The molecule has 0 aliphatic rings. The molecule has 24 heavy (non-hydrogen) atoms. The standard InChI is InChI=1S/C20H23N3O/c1-16-17(14-23(22-16)19-11-7-4-8-12-19)13-21-15-20(2,24)18-9-5-3-6-10-18/h3-12,14,21,24H,13,15H2,1-2H3. The molecular weight excluding hydrogens is 298 g/mol. The Bertz CT molecular complexity index is 779. The van der Waals surface area contributed by atoms with Crippen molar-refractivity contribution in [3.8, 4) is 5.69 Å². The maximum atomic E-state index is 10.6. The van der Waals surface area contributed by atoms with E-state index in [0.717, 1.165) is 22.5 Å². The van der Waals surface area contributed by atoms with E-state index in [1.54, 1.807) is 0 Å². The molecule has 0 aliphatic heterocycles. The summed E-state index contributed by atoms with van der Waals surface area (Å²) in [4.78, 5) is 0. The van der Waals surface area contributed by atoms with Crippen molar-refractivity contribution < 1.29 is 5.11 Å². The van der Waals surface area contributed by atoms with Gasteiger partial charge in [-0.15, -0.1) is 0 Å². The largest absolute Gasteiger partial charge is 0.384 e. The van der Waals surface area contributed by atoms with Crippen LogP contribution in [0.4, 0.5) is 0 Å². The summed E-state index contributed by atoms with van der Waals surface area (Å²) in [6, 6.07) is 19.8. The zero-order valence-electron chi connectivity index (χ0n) is 14.1. The molecule has 0 fully saturated rings. The summed E-state index contributed by atoms with van der Waals surface area (Å²) in [6.45, 7) is 4.98. The van der Waals surface area contributed by atoms with Crippen LogP contribution in [0.5, 0.6) is 0 Å². The van der Waals surface area contributed by atoms with Crippen molar-refractivity contribution in [3.05, 3.63) is 83.7 Å². The molecule has 2 N–H and O–H groups in total. The topological polar surface area (TPSA) is 50.1 Å². The lowest BCUT2D eigenvalue weighted by molar-refractivity contribution is 0.0566. The average Bonchev–Trinajstić information content (AvgIpc) is 2.97. The number of aliphatic hydroxyl groups is 1. The maximum Gasteiger partial charge on any atom is 0.0992 e. The molecule has 1 heterocycles. The van der Waals surface area contributed by atoms with E-state index in [0.29, 0.717) is 13.1 Å². The minimum atomic E-state index is -0.898. The third-order valence-corrected chi connectivity index (χ3v) is 4.20. The molecule has 0 bridgehead atoms. The van der Waals surface area contributed by atoms with E-state index in [1.807, 2.05) is 85.4 Å². The highest BCUT2D eigenvalue weighted by molar-refractivity contribution is 5.32. The molecule has 0 saturated heterocycles. The second-order valence-electron chi connectivity index (χ2n) is 6.26. The summed E-state index contributed by atoms with van der Waals surface area (Å²) in [7, 11) is 0. The van der Waals surface area contributed by atoms with E-state index < -0.39 is 5.60 Å². The first-order valence-electron chi connectivity index (χ1n) is 8.15. The molecule has 1 atom stereocenters. The number of aromatic nitrogens is 2. The number of rotatable bonds is 6. The molecule has 3 rings (SSSR count). The minimum absolute atomic E-state index is 0.479. The Balaban J connectivity index is 1.64. The SMILES string of the molecule is Cc1nn(-c2ccccc2)cc1CNCC(C)(O)c1ccccc1. The second kappa shape index (κ2) is 6.99. The quantitative estimate of drug-likeness (QED) is 0.733. The molecule has 4 nitrogen and oxygen atoms in total. The van der Waals surface area contributed by atoms with Crippen LogP contribution in [0, 0.1) is 6.92 Å². The highest BCUT2D eigenvalue weighted by atomic mass is 16.3. The van der Waals surface area contributed by atoms with Gasteiger partial charge in [-0.25, -0.2) is 4.68 Å². The highest BCUT2D eigenvalue weighted by Crippen LogP contribution is 2.19. The number of nitrogens with zero attached hydrogens (tertiary/aromatic N) is 2. The molecule has 0 amide bonds. The predicted octanol–water partition coefficient (Wildman–Crippen LogP) is 3.18. The van der Waals surface area contributed by atoms with Crippen molar-refractivity contribution in [2.45, 2.75) is 26.0 Å². The highest BCUT2D eigenvalue weighted by Gasteiger charge is 2.22. The first kappa shape index (κ1) is 16.4. The van der Waals surface area contributed by atoms with Crippen LogP contribution in [0.1, 0.15) is 23.7 Å². The Morgan fingerprint density at radius 1 is 1.04 bits per heavy atom. The van der Waals surface area contributed by atoms with Crippen molar-refractivity contribution in [2.75, 3.05) is 6.54 Å². The molecule has 1 aromatic heterocycles. The van der Waals surface area contributed by atoms with Crippen LogP contribution >= 0.6 is 0 Å². The predicted molar refractivity (Wildman–Crippen MR) is 96.0 cm³/mol. The van der Waals surface area contributed by atoms with Crippen molar-refractivity contribution in [1.82, 2.24) is 15.1 Å². The van der Waals surface area contributed by atoms with Gasteiger partial charge in [0, 0.05) is 24.8 Å². The van der Waals surface area contributed by atoms with Gasteiger partial charge in [-0.05, 0) is 31.5 Å². The molecule has 4 heteroatoms. The average molecular weight is 321 g/mol. The molecule has 124 valence electrons. The fraction of sp³-hybridized carbons (Fsp3) is 0.250. The van der Waals surface area contributed by atoms with Crippen LogP contribution in [-0.2, 0) is 12.1 Å². The fourth-order valence-electron chi connectivity index (χ4n) is 2.72. The first-order valence-corrected chi connectivity index (χ1v) is 8.15. The van der Waals surface area contributed by atoms with E-state index in [1.165, 1.54) is 0 Å². The van der Waals surface area contributed by atoms with Crippen LogP contribution in [0.3, 0.4) is 0 Å².